The standard InChI is InChI=1S/C9H12N2O2S2/c1-3-7(8(12)13-2)4-5-14-9-10-6-11-15-9/h4,6H,3,5H2,1-2H3. The van der Waals surface area contributed by atoms with Crippen LogP contribution < -0.4 is 0 Å². The molecule has 0 aliphatic carbocycles. The Morgan fingerprint density at radius 1 is 1.73 bits per heavy atom. The number of thioether (sulfide) groups is 1. The first-order valence-electron chi connectivity index (χ1n) is 4.44. The topological polar surface area (TPSA) is 52.1 Å². The third-order valence-corrected chi connectivity index (χ3v) is 3.43. The summed E-state index contributed by atoms with van der Waals surface area (Å²) < 4.78 is 9.45. The van der Waals surface area contributed by atoms with Gasteiger partial charge in [-0.25, -0.2) is 9.78 Å². The minimum atomic E-state index is -0.254. The van der Waals surface area contributed by atoms with E-state index in [-0.39, 0.29) is 5.97 Å². The van der Waals surface area contributed by atoms with Crippen LogP contribution in [-0.2, 0) is 9.53 Å². The molecule has 1 rings (SSSR count). The van der Waals surface area contributed by atoms with Crippen LogP contribution in [0.5, 0.6) is 0 Å². The van der Waals surface area contributed by atoms with Gasteiger partial charge in [-0.3, -0.25) is 0 Å². The van der Waals surface area contributed by atoms with Crippen LogP contribution in [0.15, 0.2) is 22.3 Å². The number of ether oxygens (including phenoxy) is 1. The Kier molecular flexibility index (Phi) is 5.34. The fourth-order valence-corrected chi connectivity index (χ4v) is 2.31. The Hall–Kier alpha value is -0.880. The molecule has 0 atom stereocenters. The molecule has 6 heteroatoms. The SMILES string of the molecule is CCC(=CCSc1ncns1)C(=O)OC. The number of aromatic nitrogens is 2. The molecule has 0 radical (unpaired) electrons. The number of carbonyl (C=O) groups excluding carboxylic acids is 1. The van der Waals surface area contributed by atoms with Crippen LogP contribution in [0.2, 0.25) is 0 Å². The van der Waals surface area contributed by atoms with E-state index in [1.165, 1.54) is 25.0 Å². The normalized spacial score (nSPS) is 11.5. The molecule has 0 aliphatic heterocycles. The van der Waals surface area contributed by atoms with Gasteiger partial charge in [0.2, 0.25) is 0 Å². The van der Waals surface area contributed by atoms with Crippen LogP contribution in [0.3, 0.4) is 0 Å². The highest BCUT2D eigenvalue weighted by Crippen LogP contribution is 2.19. The number of esters is 1. The van der Waals surface area contributed by atoms with Gasteiger partial charge in [0.25, 0.3) is 0 Å². The average Bonchev–Trinajstić information content (AvgIpc) is 2.76. The first kappa shape index (κ1) is 12.2. The molecule has 0 saturated carbocycles. The molecule has 0 saturated heterocycles. The number of rotatable bonds is 5. The largest absolute Gasteiger partial charge is 0.466 e. The van der Waals surface area contributed by atoms with Crippen molar-refractivity contribution in [2.45, 2.75) is 17.7 Å². The molecule has 1 aromatic heterocycles. The van der Waals surface area contributed by atoms with Gasteiger partial charge in [-0.1, -0.05) is 24.8 Å². The molecule has 15 heavy (non-hydrogen) atoms. The number of methoxy groups -OCH3 is 1. The van der Waals surface area contributed by atoms with Gasteiger partial charge in [0.05, 0.1) is 7.11 Å². The summed E-state index contributed by atoms with van der Waals surface area (Å²) in [4.78, 5) is 15.2. The smallest absolute Gasteiger partial charge is 0.333 e. The molecule has 0 aromatic carbocycles. The maximum absolute atomic E-state index is 11.2. The van der Waals surface area contributed by atoms with Crippen molar-refractivity contribution in [3.05, 3.63) is 18.0 Å². The Morgan fingerprint density at radius 3 is 3.07 bits per heavy atom. The van der Waals surface area contributed by atoms with Gasteiger partial charge in [-0.15, -0.1) is 0 Å². The van der Waals surface area contributed by atoms with Crippen molar-refractivity contribution in [2.75, 3.05) is 12.9 Å². The zero-order chi connectivity index (χ0) is 11.1. The third kappa shape index (κ3) is 4.01. The van der Waals surface area contributed by atoms with Crippen molar-refractivity contribution >= 4 is 29.3 Å². The fourth-order valence-electron chi connectivity index (χ4n) is 0.943. The van der Waals surface area contributed by atoms with Crippen LogP contribution in [0.4, 0.5) is 0 Å². The highest BCUT2D eigenvalue weighted by atomic mass is 32.2. The van der Waals surface area contributed by atoms with Gasteiger partial charge in [0.15, 0.2) is 4.34 Å². The van der Waals surface area contributed by atoms with Gasteiger partial charge in [0, 0.05) is 11.3 Å². The van der Waals surface area contributed by atoms with Crippen molar-refractivity contribution in [1.29, 1.82) is 0 Å². The van der Waals surface area contributed by atoms with Gasteiger partial charge in [-0.05, 0) is 18.0 Å². The van der Waals surface area contributed by atoms with Crippen molar-refractivity contribution < 1.29 is 9.53 Å². The summed E-state index contributed by atoms with van der Waals surface area (Å²) in [6.45, 7) is 1.93. The lowest BCUT2D eigenvalue weighted by atomic mass is 10.2. The summed E-state index contributed by atoms with van der Waals surface area (Å²) in [5.41, 5.74) is 0.703. The molecule has 0 fully saturated rings. The Balaban J connectivity index is 2.44. The van der Waals surface area contributed by atoms with Gasteiger partial charge < -0.3 is 4.74 Å². The zero-order valence-corrected chi connectivity index (χ0v) is 10.2. The number of carbonyl (C=O) groups is 1. The predicted molar refractivity (Wildman–Crippen MR) is 61.0 cm³/mol. The molecule has 0 unspecified atom stereocenters. The summed E-state index contributed by atoms with van der Waals surface area (Å²) >= 11 is 2.91. The van der Waals surface area contributed by atoms with E-state index in [4.69, 9.17) is 0 Å². The number of hydrogen-bond donors (Lipinski definition) is 0. The summed E-state index contributed by atoms with van der Waals surface area (Å²) in [6.07, 6.45) is 4.08. The minimum Gasteiger partial charge on any atom is -0.466 e. The molecular weight excluding hydrogens is 232 g/mol. The average molecular weight is 244 g/mol. The van der Waals surface area contributed by atoms with E-state index in [2.05, 4.69) is 14.1 Å². The maximum atomic E-state index is 11.2. The molecule has 0 amide bonds. The molecule has 0 aliphatic rings. The van der Waals surface area contributed by atoms with Crippen LogP contribution in [0.25, 0.3) is 0 Å². The summed E-state index contributed by atoms with van der Waals surface area (Å²) in [5, 5.41) is 0. The number of hydrogen-bond acceptors (Lipinski definition) is 6. The second-order valence-electron chi connectivity index (χ2n) is 2.59. The van der Waals surface area contributed by atoms with Crippen LogP contribution in [0.1, 0.15) is 13.3 Å². The van der Waals surface area contributed by atoms with E-state index < -0.39 is 0 Å². The Morgan fingerprint density at radius 2 is 2.53 bits per heavy atom. The van der Waals surface area contributed by atoms with E-state index in [9.17, 15) is 4.79 Å². The lowest BCUT2D eigenvalue weighted by molar-refractivity contribution is -0.136. The quantitative estimate of drug-likeness (QED) is 0.451. The monoisotopic (exact) mass is 244 g/mol. The Bertz CT molecular complexity index is 336. The fraction of sp³-hybridized carbons (Fsp3) is 0.444. The molecule has 4 nitrogen and oxygen atoms in total. The minimum absolute atomic E-state index is 0.254. The van der Waals surface area contributed by atoms with Crippen molar-refractivity contribution in [3.63, 3.8) is 0 Å². The van der Waals surface area contributed by atoms with E-state index in [0.29, 0.717) is 17.7 Å². The predicted octanol–water partition coefficient (Wildman–Crippen LogP) is 2.14. The lowest BCUT2D eigenvalue weighted by Crippen LogP contribution is -2.04. The molecule has 0 N–H and O–H groups in total. The second-order valence-corrected chi connectivity index (χ2v) is 4.64. The van der Waals surface area contributed by atoms with E-state index in [0.717, 1.165) is 4.34 Å². The highest BCUT2D eigenvalue weighted by molar-refractivity contribution is 8.01. The summed E-state index contributed by atoms with van der Waals surface area (Å²) in [7, 11) is 1.39. The van der Waals surface area contributed by atoms with Gasteiger partial charge in [0.1, 0.15) is 6.33 Å². The lowest BCUT2D eigenvalue weighted by Gasteiger charge is -2.00. The molecule has 1 heterocycles. The molecule has 82 valence electrons. The van der Waals surface area contributed by atoms with Crippen molar-refractivity contribution in [2.24, 2.45) is 0 Å². The van der Waals surface area contributed by atoms with Crippen molar-refractivity contribution in [3.8, 4) is 0 Å². The van der Waals surface area contributed by atoms with Crippen LogP contribution in [-0.4, -0.2) is 28.2 Å². The van der Waals surface area contributed by atoms with E-state index in [1.807, 2.05) is 13.0 Å². The van der Waals surface area contributed by atoms with Gasteiger partial charge in [-0.2, -0.15) is 4.37 Å². The van der Waals surface area contributed by atoms with E-state index in [1.54, 1.807) is 11.8 Å². The zero-order valence-electron chi connectivity index (χ0n) is 8.60. The van der Waals surface area contributed by atoms with E-state index >= 15 is 0 Å². The molecular formula is C9H12N2O2S2. The maximum Gasteiger partial charge on any atom is 0.333 e. The molecule has 1 aromatic rings. The number of nitrogens with zero attached hydrogens (tertiary/aromatic N) is 2. The van der Waals surface area contributed by atoms with Crippen molar-refractivity contribution in [1.82, 2.24) is 9.36 Å². The van der Waals surface area contributed by atoms with Crippen LogP contribution >= 0.6 is 23.3 Å². The second kappa shape index (κ2) is 6.58. The molecule has 0 spiro atoms. The summed E-state index contributed by atoms with van der Waals surface area (Å²) in [6, 6.07) is 0. The van der Waals surface area contributed by atoms with Gasteiger partial charge >= 0.3 is 5.97 Å². The molecule has 0 bridgehead atoms. The summed E-state index contributed by atoms with van der Waals surface area (Å²) in [5.74, 6) is 0.461. The van der Waals surface area contributed by atoms with Crippen LogP contribution in [0, 0.1) is 0 Å². The first-order chi connectivity index (χ1) is 7.27. The first-order valence-corrected chi connectivity index (χ1v) is 6.20. The third-order valence-electron chi connectivity index (χ3n) is 1.71. The highest BCUT2D eigenvalue weighted by Gasteiger charge is 2.06. The Labute approximate surface area is 96.9 Å².